The summed E-state index contributed by atoms with van der Waals surface area (Å²) < 4.78 is 2.40. The Labute approximate surface area is 177 Å². The minimum Gasteiger partial charge on any atom is -0.335 e. The average Bonchev–Trinajstić information content (AvgIpc) is 3.09. The summed E-state index contributed by atoms with van der Waals surface area (Å²) in [5.74, 6) is -0.339. The van der Waals surface area contributed by atoms with E-state index >= 15 is 0 Å². The number of benzene rings is 1. The Balaban J connectivity index is 1.49. The molecule has 1 aromatic carbocycles. The molecule has 0 bridgehead atoms. The zero-order valence-electron chi connectivity index (χ0n) is 17.1. The molecule has 30 heavy (non-hydrogen) atoms. The second-order valence-electron chi connectivity index (χ2n) is 7.52. The van der Waals surface area contributed by atoms with Crippen molar-refractivity contribution in [3.8, 4) is 0 Å². The number of nitrogens with zero attached hydrogens (tertiary/aromatic N) is 4. The molecule has 2 amide bonds. The Hall–Kier alpha value is -3.04. The first-order valence-electron chi connectivity index (χ1n) is 9.66. The molecule has 1 atom stereocenters. The number of thiazole rings is 1. The van der Waals surface area contributed by atoms with Crippen LogP contribution in [0.5, 0.6) is 0 Å². The highest BCUT2D eigenvalue weighted by atomic mass is 32.1. The summed E-state index contributed by atoms with van der Waals surface area (Å²) in [4.78, 5) is 45.5. The topological polar surface area (TPSA) is 87.5 Å². The first-order valence-corrected chi connectivity index (χ1v) is 10.5. The number of aromatic nitrogens is 2. The van der Waals surface area contributed by atoms with Crippen molar-refractivity contribution in [1.29, 1.82) is 0 Å². The Bertz CT molecular complexity index is 1180. The highest BCUT2D eigenvalue weighted by Gasteiger charge is 2.32. The molecule has 1 N–H and O–H groups in total. The summed E-state index contributed by atoms with van der Waals surface area (Å²) >= 11 is 1.58. The van der Waals surface area contributed by atoms with Gasteiger partial charge in [-0.05, 0) is 38.2 Å². The number of amides is 2. The number of nitrogens with one attached hydrogen (secondary N) is 1. The van der Waals surface area contributed by atoms with Gasteiger partial charge in [-0.25, -0.2) is 4.98 Å². The predicted molar refractivity (Wildman–Crippen MR) is 117 cm³/mol. The van der Waals surface area contributed by atoms with Gasteiger partial charge >= 0.3 is 0 Å². The van der Waals surface area contributed by atoms with Gasteiger partial charge in [0.15, 0.2) is 0 Å². The summed E-state index contributed by atoms with van der Waals surface area (Å²) in [7, 11) is 3.49. The standard InChI is InChI=1S/C21H23N5O3S/c1-13-22-16-6-5-15(10-18(16)30-13)23-20(28)17-12-26(9-8-24(17)2)21(29)14-4-7-19(27)25(3)11-14/h4-7,10-11,17H,8-9,12H2,1-3H3,(H,23,28). The van der Waals surface area contributed by atoms with Crippen molar-refractivity contribution in [3.05, 3.63) is 57.5 Å². The van der Waals surface area contributed by atoms with Gasteiger partial charge in [-0.3, -0.25) is 19.3 Å². The van der Waals surface area contributed by atoms with E-state index in [-0.39, 0.29) is 23.9 Å². The second-order valence-corrected chi connectivity index (χ2v) is 8.75. The summed E-state index contributed by atoms with van der Waals surface area (Å²) in [6.45, 7) is 3.35. The van der Waals surface area contributed by atoms with Gasteiger partial charge in [-0.2, -0.15) is 0 Å². The van der Waals surface area contributed by atoms with Crippen LogP contribution in [0, 0.1) is 6.92 Å². The molecule has 0 saturated carbocycles. The maximum Gasteiger partial charge on any atom is 0.255 e. The van der Waals surface area contributed by atoms with Gasteiger partial charge in [0, 0.05) is 44.6 Å². The third kappa shape index (κ3) is 3.99. The molecule has 156 valence electrons. The molecule has 8 nitrogen and oxygen atoms in total. The Morgan fingerprint density at radius 3 is 2.73 bits per heavy atom. The number of likely N-dealkylation sites (N-methyl/N-ethyl adjacent to an activating group) is 1. The van der Waals surface area contributed by atoms with Crippen LogP contribution in [0.2, 0.25) is 0 Å². The van der Waals surface area contributed by atoms with Gasteiger partial charge in [0.2, 0.25) is 11.5 Å². The molecule has 1 aliphatic rings. The second kappa shape index (κ2) is 8.00. The third-order valence-corrected chi connectivity index (χ3v) is 6.27. The molecule has 1 unspecified atom stereocenters. The number of anilines is 1. The van der Waals surface area contributed by atoms with Crippen LogP contribution in [-0.2, 0) is 11.8 Å². The number of hydrogen-bond donors (Lipinski definition) is 1. The maximum absolute atomic E-state index is 13.0. The summed E-state index contributed by atoms with van der Waals surface area (Å²) in [6.07, 6.45) is 1.53. The van der Waals surface area contributed by atoms with Crippen LogP contribution >= 0.6 is 11.3 Å². The Morgan fingerprint density at radius 1 is 1.17 bits per heavy atom. The van der Waals surface area contributed by atoms with Gasteiger partial charge in [-0.1, -0.05) is 0 Å². The molecule has 1 aliphatic heterocycles. The largest absolute Gasteiger partial charge is 0.335 e. The average molecular weight is 426 g/mol. The molecule has 3 aromatic rings. The highest BCUT2D eigenvalue weighted by Crippen LogP contribution is 2.25. The van der Waals surface area contributed by atoms with Crippen LogP contribution in [0.15, 0.2) is 41.3 Å². The molecule has 1 fully saturated rings. The van der Waals surface area contributed by atoms with E-state index in [9.17, 15) is 14.4 Å². The van der Waals surface area contributed by atoms with Crippen molar-refractivity contribution >= 4 is 39.1 Å². The van der Waals surface area contributed by atoms with E-state index in [0.29, 0.717) is 24.3 Å². The molecule has 9 heteroatoms. The van der Waals surface area contributed by atoms with Crippen LogP contribution in [0.3, 0.4) is 0 Å². The van der Waals surface area contributed by atoms with E-state index in [1.807, 2.05) is 37.1 Å². The molecule has 0 spiro atoms. The van der Waals surface area contributed by atoms with Crippen LogP contribution in [-0.4, -0.2) is 63.9 Å². The highest BCUT2D eigenvalue weighted by molar-refractivity contribution is 7.18. The van der Waals surface area contributed by atoms with Crippen molar-refractivity contribution in [3.63, 3.8) is 0 Å². The van der Waals surface area contributed by atoms with Crippen molar-refractivity contribution in [2.75, 3.05) is 32.0 Å². The van der Waals surface area contributed by atoms with Crippen molar-refractivity contribution in [1.82, 2.24) is 19.4 Å². The lowest BCUT2D eigenvalue weighted by molar-refractivity contribution is -0.122. The minimum absolute atomic E-state index is 0.156. The van der Waals surface area contributed by atoms with Crippen molar-refractivity contribution < 1.29 is 9.59 Å². The van der Waals surface area contributed by atoms with Crippen LogP contribution in [0.1, 0.15) is 15.4 Å². The number of fused-ring (bicyclic) bond motifs is 1. The summed E-state index contributed by atoms with van der Waals surface area (Å²) in [5, 5.41) is 3.95. The molecule has 3 heterocycles. The fourth-order valence-electron chi connectivity index (χ4n) is 3.59. The molecule has 0 radical (unpaired) electrons. The van der Waals surface area contributed by atoms with E-state index < -0.39 is 6.04 Å². The van der Waals surface area contributed by atoms with E-state index in [1.54, 1.807) is 23.3 Å². The minimum atomic E-state index is -0.464. The zero-order chi connectivity index (χ0) is 21.4. The van der Waals surface area contributed by atoms with E-state index in [2.05, 4.69) is 10.3 Å². The predicted octanol–water partition coefficient (Wildman–Crippen LogP) is 1.70. The maximum atomic E-state index is 13.0. The number of carbonyl (C=O) groups is 2. The SMILES string of the molecule is Cc1nc2ccc(NC(=O)C3CN(C(=O)c4ccc(=O)n(C)c4)CCN3C)cc2s1. The number of aryl methyl sites for hydroxylation is 2. The number of pyridine rings is 1. The smallest absolute Gasteiger partial charge is 0.255 e. The van der Waals surface area contributed by atoms with Gasteiger partial charge in [0.05, 0.1) is 20.8 Å². The quantitative estimate of drug-likeness (QED) is 0.690. The number of rotatable bonds is 3. The summed E-state index contributed by atoms with van der Waals surface area (Å²) in [5.41, 5.74) is 1.90. The van der Waals surface area contributed by atoms with Crippen molar-refractivity contribution in [2.45, 2.75) is 13.0 Å². The van der Waals surface area contributed by atoms with Crippen molar-refractivity contribution in [2.24, 2.45) is 7.05 Å². The molecule has 2 aromatic heterocycles. The molecule has 4 rings (SSSR count). The molecule has 0 aliphatic carbocycles. The zero-order valence-corrected chi connectivity index (χ0v) is 17.9. The van der Waals surface area contributed by atoms with E-state index in [0.717, 1.165) is 15.2 Å². The lowest BCUT2D eigenvalue weighted by Crippen LogP contribution is -2.57. The third-order valence-electron chi connectivity index (χ3n) is 5.33. The normalized spacial score (nSPS) is 17.3. The van der Waals surface area contributed by atoms with E-state index in [4.69, 9.17) is 0 Å². The van der Waals surface area contributed by atoms with Gasteiger partial charge in [0.1, 0.15) is 6.04 Å². The Kier molecular flexibility index (Phi) is 5.40. The number of carbonyl (C=O) groups excluding carboxylic acids is 2. The fraction of sp³-hybridized carbons (Fsp3) is 0.333. The monoisotopic (exact) mass is 425 g/mol. The van der Waals surface area contributed by atoms with E-state index in [1.165, 1.54) is 22.9 Å². The first kappa shape index (κ1) is 20.2. The molecular formula is C21H23N5O3S. The molecular weight excluding hydrogens is 402 g/mol. The Morgan fingerprint density at radius 2 is 1.97 bits per heavy atom. The number of piperazine rings is 1. The fourth-order valence-corrected chi connectivity index (χ4v) is 4.45. The lowest BCUT2D eigenvalue weighted by Gasteiger charge is -2.38. The lowest BCUT2D eigenvalue weighted by atomic mass is 10.1. The summed E-state index contributed by atoms with van der Waals surface area (Å²) in [6, 6.07) is 8.11. The van der Waals surface area contributed by atoms with Crippen LogP contribution in [0.25, 0.3) is 10.2 Å². The van der Waals surface area contributed by atoms with Gasteiger partial charge in [0.25, 0.3) is 5.91 Å². The van der Waals surface area contributed by atoms with Crippen LogP contribution in [0.4, 0.5) is 5.69 Å². The molecule has 1 saturated heterocycles. The van der Waals surface area contributed by atoms with Crippen LogP contribution < -0.4 is 10.9 Å². The van der Waals surface area contributed by atoms with Gasteiger partial charge < -0.3 is 14.8 Å². The number of hydrogen-bond acceptors (Lipinski definition) is 6. The first-order chi connectivity index (χ1) is 14.3. The van der Waals surface area contributed by atoms with Gasteiger partial charge in [-0.15, -0.1) is 11.3 Å².